The molecule has 29 heavy (non-hydrogen) atoms. The van der Waals surface area contributed by atoms with Gasteiger partial charge in [0.05, 0.1) is 11.6 Å². The van der Waals surface area contributed by atoms with E-state index in [4.69, 9.17) is 10.00 Å². The minimum Gasteiger partial charge on any atom is -0.456 e. The Balaban J connectivity index is 2.43. The van der Waals surface area contributed by atoms with E-state index in [1.165, 1.54) is 10.7 Å². The number of halogens is 1. The molecule has 0 bridgehead atoms. The van der Waals surface area contributed by atoms with Gasteiger partial charge in [0.2, 0.25) is 5.78 Å². The van der Waals surface area contributed by atoms with Crippen LogP contribution in [0, 0.1) is 11.3 Å². The molecule has 1 aromatic carbocycles. The van der Waals surface area contributed by atoms with Crippen molar-refractivity contribution in [2.24, 2.45) is 0 Å². The molecule has 0 unspecified atom stereocenters. The Bertz CT molecular complexity index is 996. The zero-order chi connectivity index (χ0) is 21.8. The van der Waals surface area contributed by atoms with E-state index < -0.39 is 17.5 Å². The van der Waals surface area contributed by atoms with Gasteiger partial charge in [0, 0.05) is 15.7 Å². The normalized spacial score (nSPS) is 10.9. The average molecular weight is 460 g/mol. The van der Waals surface area contributed by atoms with Crippen molar-refractivity contribution in [2.45, 2.75) is 46.1 Å². The number of aryl methyl sites for hydroxylation is 1. The fourth-order valence-electron chi connectivity index (χ4n) is 2.62. The quantitative estimate of drug-likeness (QED) is 0.519. The molecule has 2 rings (SSSR count). The van der Waals surface area contributed by atoms with Crippen molar-refractivity contribution in [3.63, 3.8) is 0 Å². The summed E-state index contributed by atoms with van der Waals surface area (Å²) in [5.74, 6) is -1.44. The fraction of sp³-hybridized carbons (Fsp3) is 0.333. The van der Waals surface area contributed by atoms with Gasteiger partial charge in [-0.25, -0.2) is 4.79 Å². The van der Waals surface area contributed by atoms with Crippen molar-refractivity contribution in [2.75, 3.05) is 5.43 Å². The summed E-state index contributed by atoms with van der Waals surface area (Å²) in [5, 5.41) is 8.71. The number of carbonyl (C=O) groups excluding carboxylic acids is 3. The largest absolute Gasteiger partial charge is 0.456 e. The van der Waals surface area contributed by atoms with E-state index >= 15 is 0 Å². The number of nitriles is 1. The molecule has 0 saturated heterocycles. The van der Waals surface area contributed by atoms with Gasteiger partial charge in [0.1, 0.15) is 17.7 Å². The number of nitrogens with zero attached hydrogens (tertiary/aromatic N) is 2. The summed E-state index contributed by atoms with van der Waals surface area (Å²) >= 11 is 3.33. The van der Waals surface area contributed by atoms with E-state index in [0.29, 0.717) is 16.6 Å². The number of aromatic nitrogens is 1. The van der Waals surface area contributed by atoms with Crippen LogP contribution in [0.1, 0.15) is 66.2 Å². The fourth-order valence-corrected chi connectivity index (χ4v) is 3.12. The molecule has 1 N–H and O–H groups in total. The summed E-state index contributed by atoms with van der Waals surface area (Å²) in [6.45, 7) is 7.17. The minimum atomic E-state index is -0.667. The number of esters is 1. The monoisotopic (exact) mass is 459 g/mol. The van der Waals surface area contributed by atoms with Gasteiger partial charge in [-0.1, -0.05) is 22.9 Å². The standard InChI is InChI=1S/C21H22BrN3O4/c1-5-16-6-7-17(25(16)24-18(26)8-9-23)19(27)13-10-14(12-15(22)11-13)20(28)29-21(2,3)4/h6-7,10-12H,5,8H2,1-4H3,(H,24,26). The molecular weight excluding hydrogens is 438 g/mol. The average Bonchev–Trinajstić information content (AvgIpc) is 3.01. The summed E-state index contributed by atoms with van der Waals surface area (Å²) in [6.07, 6.45) is 0.246. The van der Waals surface area contributed by atoms with Crippen LogP contribution in [-0.4, -0.2) is 27.9 Å². The second kappa shape index (κ2) is 9.05. The maximum absolute atomic E-state index is 13.1. The number of rotatable bonds is 6. The lowest BCUT2D eigenvalue weighted by Crippen LogP contribution is -2.27. The summed E-state index contributed by atoms with van der Waals surface area (Å²) in [4.78, 5) is 37.4. The predicted molar refractivity (Wildman–Crippen MR) is 111 cm³/mol. The van der Waals surface area contributed by atoms with Gasteiger partial charge in [0.25, 0.3) is 5.91 Å². The van der Waals surface area contributed by atoms with Crippen LogP contribution >= 0.6 is 15.9 Å². The molecule has 1 aromatic heterocycles. The molecule has 0 fully saturated rings. The van der Waals surface area contributed by atoms with Crippen molar-refractivity contribution in [3.05, 3.63) is 57.3 Å². The lowest BCUT2D eigenvalue weighted by atomic mass is 10.0. The van der Waals surface area contributed by atoms with Gasteiger partial charge < -0.3 is 4.74 Å². The zero-order valence-electron chi connectivity index (χ0n) is 16.7. The number of benzene rings is 1. The van der Waals surface area contributed by atoms with Crippen LogP contribution in [0.2, 0.25) is 0 Å². The van der Waals surface area contributed by atoms with E-state index in [-0.39, 0.29) is 29.0 Å². The molecular formula is C21H22BrN3O4. The minimum absolute atomic E-state index is 0.223. The maximum atomic E-state index is 13.1. The van der Waals surface area contributed by atoms with E-state index in [1.54, 1.807) is 51.1 Å². The van der Waals surface area contributed by atoms with Crippen LogP contribution in [0.15, 0.2) is 34.8 Å². The molecule has 0 spiro atoms. The highest BCUT2D eigenvalue weighted by Crippen LogP contribution is 2.22. The number of carbonyl (C=O) groups is 3. The van der Waals surface area contributed by atoms with Crippen LogP contribution in [0.4, 0.5) is 0 Å². The number of ether oxygens (including phenoxy) is 1. The molecule has 2 aromatic rings. The summed E-state index contributed by atoms with van der Waals surface area (Å²) in [6, 6.07) is 9.74. The first kappa shape index (κ1) is 22.4. The van der Waals surface area contributed by atoms with Crippen LogP contribution in [-0.2, 0) is 16.0 Å². The number of nitrogens with one attached hydrogen (secondary N) is 1. The zero-order valence-corrected chi connectivity index (χ0v) is 18.3. The van der Waals surface area contributed by atoms with Crippen LogP contribution in [0.25, 0.3) is 0 Å². The number of amides is 1. The van der Waals surface area contributed by atoms with Crippen molar-refractivity contribution in [1.82, 2.24) is 4.68 Å². The summed E-state index contributed by atoms with van der Waals surface area (Å²) in [5.41, 5.74) is 3.34. The third kappa shape index (κ3) is 5.78. The third-order valence-corrected chi connectivity index (χ3v) is 4.29. The molecule has 0 aliphatic carbocycles. The predicted octanol–water partition coefficient (Wildman–Crippen LogP) is 3.98. The van der Waals surface area contributed by atoms with E-state index in [2.05, 4.69) is 21.4 Å². The van der Waals surface area contributed by atoms with Gasteiger partial charge >= 0.3 is 5.97 Å². The third-order valence-electron chi connectivity index (χ3n) is 3.83. The van der Waals surface area contributed by atoms with E-state index in [0.717, 1.165) is 0 Å². The second-order valence-electron chi connectivity index (χ2n) is 7.33. The Hall–Kier alpha value is -2.92. The number of hydrogen-bond donors (Lipinski definition) is 1. The molecule has 0 aliphatic heterocycles. The molecule has 1 heterocycles. The molecule has 8 heteroatoms. The lowest BCUT2D eigenvalue weighted by molar-refractivity contribution is -0.116. The Morgan fingerprint density at radius 1 is 1.17 bits per heavy atom. The first-order valence-corrected chi connectivity index (χ1v) is 9.81. The molecule has 0 saturated carbocycles. The molecule has 0 radical (unpaired) electrons. The smallest absolute Gasteiger partial charge is 0.338 e. The highest BCUT2D eigenvalue weighted by Gasteiger charge is 2.22. The Morgan fingerprint density at radius 2 is 1.83 bits per heavy atom. The number of ketones is 1. The SMILES string of the molecule is CCc1ccc(C(=O)c2cc(Br)cc(C(=O)OC(C)(C)C)c2)n1NC(=O)CC#N. The number of hydrogen-bond acceptors (Lipinski definition) is 5. The van der Waals surface area contributed by atoms with E-state index in [1.807, 2.05) is 6.92 Å². The van der Waals surface area contributed by atoms with Crippen molar-refractivity contribution in [3.8, 4) is 6.07 Å². The van der Waals surface area contributed by atoms with Gasteiger partial charge in [-0.05, 0) is 57.5 Å². The molecule has 0 atom stereocenters. The highest BCUT2D eigenvalue weighted by molar-refractivity contribution is 9.10. The van der Waals surface area contributed by atoms with Crippen LogP contribution < -0.4 is 5.43 Å². The van der Waals surface area contributed by atoms with Gasteiger partial charge in [0.15, 0.2) is 0 Å². The van der Waals surface area contributed by atoms with Gasteiger partial charge in [-0.2, -0.15) is 5.26 Å². The first-order valence-electron chi connectivity index (χ1n) is 9.01. The maximum Gasteiger partial charge on any atom is 0.338 e. The lowest BCUT2D eigenvalue weighted by Gasteiger charge is -2.19. The topological polar surface area (TPSA) is 101 Å². The van der Waals surface area contributed by atoms with Crippen molar-refractivity contribution < 1.29 is 19.1 Å². The molecule has 1 amide bonds. The molecule has 7 nitrogen and oxygen atoms in total. The van der Waals surface area contributed by atoms with Crippen LogP contribution in [0.3, 0.4) is 0 Å². The highest BCUT2D eigenvalue weighted by atomic mass is 79.9. The van der Waals surface area contributed by atoms with Gasteiger partial charge in [-0.3, -0.25) is 19.7 Å². The summed E-state index contributed by atoms with van der Waals surface area (Å²) in [7, 11) is 0. The van der Waals surface area contributed by atoms with Gasteiger partial charge in [-0.15, -0.1) is 0 Å². The van der Waals surface area contributed by atoms with Crippen LogP contribution in [0.5, 0.6) is 0 Å². The second-order valence-corrected chi connectivity index (χ2v) is 8.24. The Labute approximate surface area is 177 Å². The molecule has 152 valence electrons. The van der Waals surface area contributed by atoms with Crippen molar-refractivity contribution in [1.29, 1.82) is 5.26 Å². The first-order chi connectivity index (χ1) is 13.6. The Morgan fingerprint density at radius 3 is 2.41 bits per heavy atom. The molecule has 0 aliphatic rings. The van der Waals surface area contributed by atoms with Crippen molar-refractivity contribution >= 4 is 33.6 Å². The summed E-state index contributed by atoms with van der Waals surface area (Å²) < 4.78 is 7.31. The Kier molecular flexibility index (Phi) is 6.98. The van der Waals surface area contributed by atoms with E-state index in [9.17, 15) is 14.4 Å².